The molecule has 0 saturated carbocycles. The molecule has 0 aromatic heterocycles. The van der Waals surface area contributed by atoms with Crippen molar-refractivity contribution in [2.75, 3.05) is 0 Å². The summed E-state index contributed by atoms with van der Waals surface area (Å²) in [6, 6.07) is 5.22. The summed E-state index contributed by atoms with van der Waals surface area (Å²) >= 11 is 11.3. The minimum Gasteiger partial charge on any atom is -0.340 e. The molecule has 0 bridgehead atoms. The number of Topliss-reactive ketones (excluding diaryl/α,β-unsaturated/α-hetero) is 1. The molecule has 0 radical (unpaired) electrons. The zero-order valence-electron chi connectivity index (χ0n) is 10.5. The summed E-state index contributed by atoms with van der Waals surface area (Å²) in [6.07, 6.45) is 0.158. The highest BCUT2D eigenvalue weighted by Gasteiger charge is 2.28. The van der Waals surface area contributed by atoms with E-state index in [1.54, 1.807) is 26.0 Å². The lowest BCUT2D eigenvalue weighted by atomic mass is 9.96. The van der Waals surface area contributed by atoms with Crippen LogP contribution < -0.4 is 5.32 Å². The normalized spacial score (nSPS) is 10.9. The Bertz CT molecular complexity index is 509. The van der Waals surface area contributed by atoms with E-state index >= 15 is 0 Å². The van der Waals surface area contributed by atoms with Crippen LogP contribution in [0.3, 0.4) is 0 Å². The molecule has 0 aliphatic heterocycles. The van der Waals surface area contributed by atoms with Crippen LogP contribution in [0.15, 0.2) is 27.1 Å². The third-order valence-corrected chi connectivity index (χ3v) is 3.60. The molecule has 1 rings (SSSR count). The lowest BCUT2D eigenvalue weighted by molar-refractivity contribution is -0.122. The van der Waals surface area contributed by atoms with Gasteiger partial charge in [0, 0.05) is 20.9 Å². The van der Waals surface area contributed by atoms with Crippen LogP contribution in [0.2, 0.25) is 0 Å². The number of amides is 1. The molecule has 0 unspecified atom stereocenters. The number of rotatable bonds is 5. The number of nitrogens with one attached hydrogen (secondary N) is 1. The fraction of sp³-hybridized carbons (Fsp3) is 0.308. The van der Waals surface area contributed by atoms with Crippen LogP contribution in [0.1, 0.15) is 30.6 Å². The van der Waals surface area contributed by atoms with E-state index in [4.69, 9.17) is 0 Å². The standard InChI is InChI=1S/C13H13Br2NO2S/c1-13(2,11(17)3-4-19)16-12(18)8-5-9(14)7-10(15)6-8/h4-7H,3H2,1-2H3,(H,16,18). The van der Waals surface area contributed by atoms with Gasteiger partial charge in [0.15, 0.2) is 5.78 Å². The molecule has 3 nitrogen and oxygen atoms in total. The molecule has 102 valence electrons. The zero-order valence-corrected chi connectivity index (χ0v) is 14.5. The van der Waals surface area contributed by atoms with Crippen LogP contribution in [0.5, 0.6) is 0 Å². The Morgan fingerprint density at radius 3 is 2.26 bits per heavy atom. The molecule has 1 N–H and O–H groups in total. The van der Waals surface area contributed by atoms with E-state index in [9.17, 15) is 9.59 Å². The van der Waals surface area contributed by atoms with Gasteiger partial charge in [-0.05, 0) is 37.4 Å². The molecular weight excluding hydrogens is 394 g/mol. The van der Waals surface area contributed by atoms with Gasteiger partial charge in [-0.3, -0.25) is 9.59 Å². The molecule has 0 fully saturated rings. The highest BCUT2D eigenvalue weighted by molar-refractivity contribution is 9.11. The number of hydrogen-bond acceptors (Lipinski definition) is 3. The second-order valence-corrected chi connectivity index (χ2v) is 6.70. The van der Waals surface area contributed by atoms with Gasteiger partial charge in [-0.15, -0.1) is 0 Å². The Labute approximate surface area is 134 Å². The quantitative estimate of drug-likeness (QED) is 0.758. The first kappa shape index (κ1) is 16.5. The Kier molecular flexibility index (Phi) is 5.82. The third-order valence-electron chi connectivity index (χ3n) is 2.52. The first-order chi connectivity index (χ1) is 8.76. The topological polar surface area (TPSA) is 46.2 Å². The van der Waals surface area contributed by atoms with Crippen LogP contribution in [0.25, 0.3) is 0 Å². The summed E-state index contributed by atoms with van der Waals surface area (Å²) in [5.41, 5.74) is -0.467. The highest BCUT2D eigenvalue weighted by atomic mass is 79.9. The third kappa shape index (κ3) is 4.78. The van der Waals surface area contributed by atoms with Gasteiger partial charge >= 0.3 is 0 Å². The Morgan fingerprint density at radius 1 is 1.26 bits per heavy atom. The van der Waals surface area contributed by atoms with Gasteiger partial charge in [-0.25, -0.2) is 0 Å². The van der Waals surface area contributed by atoms with Gasteiger partial charge in [-0.1, -0.05) is 44.1 Å². The molecule has 19 heavy (non-hydrogen) atoms. The summed E-state index contributed by atoms with van der Waals surface area (Å²) in [5.74, 6) is -0.422. The van der Waals surface area contributed by atoms with Crippen LogP contribution in [0.4, 0.5) is 0 Å². The first-order valence-electron chi connectivity index (χ1n) is 5.52. The van der Waals surface area contributed by atoms with Crippen LogP contribution in [-0.2, 0) is 4.79 Å². The number of carbonyl (C=O) groups excluding carboxylic acids is 2. The summed E-state index contributed by atoms with van der Waals surface area (Å²) in [7, 11) is 0. The summed E-state index contributed by atoms with van der Waals surface area (Å²) in [4.78, 5) is 24.0. The summed E-state index contributed by atoms with van der Waals surface area (Å²) in [6.45, 7) is 3.33. The summed E-state index contributed by atoms with van der Waals surface area (Å²) < 4.78 is 1.57. The minimum absolute atomic E-state index is 0.120. The smallest absolute Gasteiger partial charge is 0.252 e. The van der Waals surface area contributed by atoms with Crippen molar-refractivity contribution >= 4 is 61.1 Å². The lowest BCUT2D eigenvalue weighted by Crippen LogP contribution is -2.49. The second kappa shape index (κ2) is 6.72. The molecule has 0 aliphatic rings. The van der Waals surface area contributed by atoms with Crippen molar-refractivity contribution in [2.24, 2.45) is 0 Å². The lowest BCUT2D eigenvalue weighted by Gasteiger charge is -2.24. The zero-order chi connectivity index (χ0) is 14.6. The van der Waals surface area contributed by atoms with Crippen molar-refractivity contribution in [3.05, 3.63) is 32.7 Å². The number of thiocarbonyl (C=S) groups is 1. The highest BCUT2D eigenvalue weighted by Crippen LogP contribution is 2.20. The maximum absolute atomic E-state index is 12.1. The van der Waals surface area contributed by atoms with Crippen molar-refractivity contribution in [1.82, 2.24) is 5.32 Å². The SMILES string of the molecule is CC(C)(NC(=O)c1cc(Br)cc(Br)c1)C(=O)CC=S. The molecular formula is C13H13Br2NO2S. The average Bonchev–Trinajstić information content (AvgIpc) is 2.27. The van der Waals surface area contributed by atoms with Gasteiger partial charge in [0.1, 0.15) is 0 Å². The van der Waals surface area contributed by atoms with E-state index < -0.39 is 5.54 Å². The van der Waals surface area contributed by atoms with Gasteiger partial charge in [0.05, 0.1) is 5.54 Å². The van der Waals surface area contributed by atoms with Crippen LogP contribution in [0, 0.1) is 0 Å². The van der Waals surface area contributed by atoms with Crippen molar-refractivity contribution in [3.63, 3.8) is 0 Å². The van der Waals surface area contributed by atoms with E-state index in [2.05, 4.69) is 49.4 Å². The maximum atomic E-state index is 12.1. The summed E-state index contributed by atoms with van der Waals surface area (Å²) in [5, 5.41) is 4.08. The number of carbonyl (C=O) groups is 2. The molecule has 0 heterocycles. The fourth-order valence-electron chi connectivity index (χ4n) is 1.44. The molecule has 0 aliphatic carbocycles. The molecule has 0 spiro atoms. The van der Waals surface area contributed by atoms with Crippen molar-refractivity contribution in [1.29, 1.82) is 0 Å². The second-order valence-electron chi connectivity index (χ2n) is 4.53. The molecule has 0 saturated heterocycles. The molecule has 1 aromatic rings. The van der Waals surface area contributed by atoms with Crippen molar-refractivity contribution in [2.45, 2.75) is 25.8 Å². The Balaban J connectivity index is 2.89. The van der Waals surface area contributed by atoms with Crippen LogP contribution >= 0.6 is 44.1 Å². The number of benzene rings is 1. The number of hydrogen-bond donors (Lipinski definition) is 1. The Morgan fingerprint density at radius 2 is 1.79 bits per heavy atom. The van der Waals surface area contributed by atoms with E-state index in [0.717, 1.165) is 8.95 Å². The number of halogens is 2. The molecule has 1 amide bonds. The predicted molar refractivity (Wildman–Crippen MR) is 86.7 cm³/mol. The van der Waals surface area contributed by atoms with Gasteiger partial charge in [-0.2, -0.15) is 0 Å². The van der Waals surface area contributed by atoms with E-state index in [1.807, 2.05) is 6.07 Å². The molecule has 1 aromatic carbocycles. The van der Waals surface area contributed by atoms with Gasteiger partial charge < -0.3 is 5.32 Å². The van der Waals surface area contributed by atoms with Crippen LogP contribution in [-0.4, -0.2) is 22.6 Å². The Hall–Kier alpha value is -0.590. The van der Waals surface area contributed by atoms with E-state index in [1.165, 1.54) is 5.37 Å². The van der Waals surface area contributed by atoms with Crippen molar-refractivity contribution in [3.8, 4) is 0 Å². The minimum atomic E-state index is -0.943. The largest absolute Gasteiger partial charge is 0.340 e. The van der Waals surface area contributed by atoms with Gasteiger partial charge in [0.2, 0.25) is 0 Å². The van der Waals surface area contributed by atoms with E-state index in [-0.39, 0.29) is 18.1 Å². The molecule has 6 heteroatoms. The predicted octanol–water partition coefficient (Wildman–Crippen LogP) is 3.68. The molecule has 0 atom stereocenters. The average molecular weight is 407 g/mol. The fourth-order valence-corrected chi connectivity index (χ4v) is 2.89. The number of ketones is 1. The van der Waals surface area contributed by atoms with E-state index in [0.29, 0.717) is 5.56 Å². The van der Waals surface area contributed by atoms with Crippen molar-refractivity contribution < 1.29 is 9.59 Å². The first-order valence-corrected chi connectivity index (χ1v) is 7.57. The maximum Gasteiger partial charge on any atom is 0.252 e. The monoisotopic (exact) mass is 405 g/mol. The van der Waals surface area contributed by atoms with Gasteiger partial charge in [0.25, 0.3) is 5.91 Å².